The number of fused-ring (bicyclic) bond motifs is 1. The second-order valence-corrected chi connectivity index (χ2v) is 11.2. The van der Waals surface area contributed by atoms with E-state index in [9.17, 15) is 0 Å². The number of nitrogens with one attached hydrogen (secondary N) is 2. The molecule has 0 amide bonds. The largest absolute Gasteiger partial charge is 0.385 e. The number of anilines is 2. The second-order valence-electron chi connectivity index (χ2n) is 10.4. The molecule has 1 saturated heterocycles. The van der Waals surface area contributed by atoms with Gasteiger partial charge in [-0.25, -0.2) is 0 Å². The standard InChI is InChI=1S/C30H34ClN5S/c1-20-19-30(2,3)35(4)26-18-24(31)23(17-22(20)26)28-27(25-13-8-9-14-33-25)34-29(37)36(28)16-10-15-32-21-11-6-5-7-12-21/h5-9,11-14,17-19,27-28,32H,10,15-16H2,1-4H3,(H,34,37)/t27-,28+/m1/s1. The van der Waals surface area contributed by atoms with Crippen molar-refractivity contribution in [3.63, 3.8) is 0 Å². The zero-order valence-electron chi connectivity index (χ0n) is 21.8. The first-order valence-corrected chi connectivity index (χ1v) is 13.6. The highest BCUT2D eigenvalue weighted by molar-refractivity contribution is 7.80. The van der Waals surface area contributed by atoms with Crippen LogP contribution in [0.15, 0.2) is 72.9 Å². The van der Waals surface area contributed by atoms with Gasteiger partial charge in [-0.3, -0.25) is 4.98 Å². The third-order valence-corrected chi connectivity index (χ3v) is 8.21. The van der Waals surface area contributed by atoms with Crippen LogP contribution in [0.3, 0.4) is 0 Å². The quantitative estimate of drug-likeness (QED) is 0.257. The lowest BCUT2D eigenvalue weighted by molar-refractivity contribution is 0.316. The average Bonchev–Trinajstić information content (AvgIpc) is 3.21. The predicted octanol–water partition coefficient (Wildman–Crippen LogP) is 6.84. The molecule has 2 atom stereocenters. The summed E-state index contributed by atoms with van der Waals surface area (Å²) in [5.74, 6) is 0. The zero-order valence-corrected chi connectivity index (χ0v) is 23.4. The van der Waals surface area contributed by atoms with E-state index in [1.807, 2.05) is 36.5 Å². The topological polar surface area (TPSA) is 43.4 Å². The van der Waals surface area contributed by atoms with Crippen LogP contribution in [0.4, 0.5) is 11.4 Å². The molecule has 2 aromatic carbocycles. The molecular formula is C30H34ClN5S. The van der Waals surface area contributed by atoms with Crippen LogP contribution in [0.1, 0.15) is 56.1 Å². The van der Waals surface area contributed by atoms with Crippen LogP contribution in [0, 0.1) is 0 Å². The Kier molecular flexibility index (Phi) is 7.15. The number of benzene rings is 2. The molecule has 0 saturated carbocycles. The summed E-state index contributed by atoms with van der Waals surface area (Å²) < 4.78 is 0. The van der Waals surface area contributed by atoms with Crippen molar-refractivity contribution in [2.75, 3.05) is 30.4 Å². The molecule has 3 aromatic rings. The molecule has 37 heavy (non-hydrogen) atoms. The van der Waals surface area contributed by atoms with E-state index in [2.05, 4.69) is 89.6 Å². The van der Waals surface area contributed by atoms with Gasteiger partial charge in [-0.1, -0.05) is 41.9 Å². The molecule has 5 rings (SSSR count). The summed E-state index contributed by atoms with van der Waals surface area (Å²) in [7, 11) is 2.13. The van der Waals surface area contributed by atoms with Crippen LogP contribution in [-0.4, -0.2) is 40.7 Å². The number of hydrogen-bond donors (Lipinski definition) is 2. The van der Waals surface area contributed by atoms with E-state index in [1.165, 1.54) is 11.1 Å². The zero-order chi connectivity index (χ0) is 26.2. The molecule has 0 aliphatic carbocycles. The van der Waals surface area contributed by atoms with Crippen molar-refractivity contribution >= 4 is 45.9 Å². The van der Waals surface area contributed by atoms with Crippen LogP contribution in [0.2, 0.25) is 5.02 Å². The number of hydrogen-bond acceptors (Lipinski definition) is 4. The number of halogens is 1. The minimum Gasteiger partial charge on any atom is -0.385 e. The molecular weight excluding hydrogens is 498 g/mol. The minimum atomic E-state index is -0.0895. The Morgan fingerprint density at radius 1 is 1.11 bits per heavy atom. The molecule has 0 bridgehead atoms. The van der Waals surface area contributed by atoms with Crippen molar-refractivity contribution in [1.29, 1.82) is 0 Å². The number of thiocarbonyl (C=S) groups is 1. The monoisotopic (exact) mass is 531 g/mol. The van der Waals surface area contributed by atoms with Crippen molar-refractivity contribution in [3.05, 3.63) is 94.8 Å². The first-order valence-electron chi connectivity index (χ1n) is 12.8. The highest BCUT2D eigenvalue weighted by atomic mass is 35.5. The summed E-state index contributed by atoms with van der Waals surface area (Å²) in [6, 6.07) is 20.5. The van der Waals surface area contributed by atoms with E-state index < -0.39 is 0 Å². The van der Waals surface area contributed by atoms with Gasteiger partial charge in [0, 0.05) is 48.3 Å². The number of rotatable bonds is 7. The van der Waals surface area contributed by atoms with E-state index in [0.717, 1.165) is 52.3 Å². The van der Waals surface area contributed by atoms with Gasteiger partial charge in [0.15, 0.2) is 5.11 Å². The smallest absolute Gasteiger partial charge is 0.170 e. The maximum absolute atomic E-state index is 7.08. The van der Waals surface area contributed by atoms with Gasteiger partial charge in [0.2, 0.25) is 0 Å². The molecule has 2 N–H and O–H groups in total. The summed E-state index contributed by atoms with van der Waals surface area (Å²) in [6.07, 6.45) is 5.09. The van der Waals surface area contributed by atoms with E-state index in [4.69, 9.17) is 23.8 Å². The fourth-order valence-electron chi connectivity index (χ4n) is 5.44. The Labute approximate surface area is 230 Å². The Morgan fingerprint density at radius 3 is 2.59 bits per heavy atom. The average molecular weight is 532 g/mol. The molecule has 2 aliphatic heterocycles. The molecule has 2 aliphatic rings. The third kappa shape index (κ3) is 5.05. The summed E-state index contributed by atoms with van der Waals surface area (Å²) in [5.41, 5.74) is 6.70. The number of para-hydroxylation sites is 1. The number of nitrogens with zero attached hydrogens (tertiary/aromatic N) is 3. The molecule has 192 valence electrons. The molecule has 1 aromatic heterocycles. The number of pyridine rings is 1. The maximum Gasteiger partial charge on any atom is 0.170 e. The fourth-order valence-corrected chi connectivity index (χ4v) is 6.04. The van der Waals surface area contributed by atoms with Crippen molar-refractivity contribution in [2.45, 2.75) is 44.8 Å². The molecule has 7 heteroatoms. The van der Waals surface area contributed by atoms with Gasteiger partial charge >= 0.3 is 0 Å². The second kappa shape index (κ2) is 10.3. The summed E-state index contributed by atoms with van der Waals surface area (Å²) in [4.78, 5) is 9.26. The van der Waals surface area contributed by atoms with Crippen molar-refractivity contribution < 1.29 is 0 Å². The number of allylic oxidation sites excluding steroid dienone is 1. The lowest BCUT2D eigenvalue weighted by Gasteiger charge is -2.41. The van der Waals surface area contributed by atoms with Crippen molar-refractivity contribution in [1.82, 2.24) is 15.2 Å². The lowest BCUT2D eigenvalue weighted by atomic mass is 9.86. The Balaban J connectivity index is 1.48. The highest BCUT2D eigenvalue weighted by Gasteiger charge is 2.41. The first kappa shape index (κ1) is 25.6. The maximum atomic E-state index is 7.08. The molecule has 5 nitrogen and oxygen atoms in total. The Hall–Kier alpha value is -3.09. The Morgan fingerprint density at radius 2 is 1.86 bits per heavy atom. The van der Waals surface area contributed by atoms with Gasteiger partial charge in [0.05, 0.1) is 23.3 Å². The van der Waals surface area contributed by atoms with Crippen molar-refractivity contribution in [2.24, 2.45) is 0 Å². The third-order valence-electron chi connectivity index (χ3n) is 7.53. The highest BCUT2D eigenvalue weighted by Crippen LogP contribution is 2.46. The minimum absolute atomic E-state index is 0.0648. The van der Waals surface area contributed by atoms with Gasteiger partial charge in [-0.15, -0.1) is 0 Å². The first-order chi connectivity index (χ1) is 17.8. The van der Waals surface area contributed by atoms with E-state index in [1.54, 1.807) is 0 Å². The SMILES string of the molecule is CC1=CC(C)(C)N(C)c2cc(Cl)c([C@H]3[C@@H](c4ccccn4)NC(=S)N3CCCNc3ccccc3)cc21. The van der Waals surface area contributed by atoms with Crippen LogP contribution < -0.4 is 15.5 Å². The fraction of sp³-hybridized carbons (Fsp3) is 0.333. The molecule has 0 radical (unpaired) electrons. The van der Waals surface area contributed by atoms with Gasteiger partial charge in [0.25, 0.3) is 0 Å². The molecule has 0 unspecified atom stereocenters. The molecule has 1 fully saturated rings. The van der Waals surface area contributed by atoms with Crippen molar-refractivity contribution in [3.8, 4) is 0 Å². The van der Waals surface area contributed by atoms with Gasteiger partial charge in [0.1, 0.15) is 0 Å². The number of aromatic nitrogens is 1. The Bertz CT molecular complexity index is 1310. The normalized spacial score (nSPS) is 20.4. The van der Waals surface area contributed by atoms with Gasteiger partial charge in [-0.05, 0) is 86.9 Å². The van der Waals surface area contributed by atoms with Gasteiger partial charge < -0.3 is 20.4 Å². The molecule has 0 spiro atoms. The van der Waals surface area contributed by atoms with E-state index in [-0.39, 0.29) is 17.6 Å². The van der Waals surface area contributed by atoms with Crippen LogP contribution in [-0.2, 0) is 0 Å². The van der Waals surface area contributed by atoms with Crippen LogP contribution >= 0.6 is 23.8 Å². The molecule has 3 heterocycles. The van der Waals surface area contributed by atoms with E-state index in [0.29, 0.717) is 0 Å². The summed E-state index contributed by atoms with van der Waals surface area (Å²) in [6.45, 7) is 8.29. The van der Waals surface area contributed by atoms with Gasteiger partial charge in [-0.2, -0.15) is 0 Å². The number of likely N-dealkylation sites (N-methyl/N-ethyl adjacent to an activating group) is 1. The summed E-state index contributed by atoms with van der Waals surface area (Å²) >= 11 is 13.0. The van der Waals surface area contributed by atoms with Crippen LogP contribution in [0.25, 0.3) is 5.57 Å². The summed E-state index contributed by atoms with van der Waals surface area (Å²) in [5, 5.41) is 8.56. The van der Waals surface area contributed by atoms with Crippen LogP contribution in [0.5, 0.6) is 0 Å². The van der Waals surface area contributed by atoms with E-state index >= 15 is 0 Å². The lowest BCUT2D eigenvalue weighted by Crippen LogP contribution is -2.42. The predicted molar refractivity (Wildman–Crippen MR) is 159 cm³/mol.